The molecule has 0 fully saturated rings. The molecular formula is C12H10BrClN2O2S3. The lowest BCUT2D eigenvalue weighted by Crippen LogP contribution is -2.12. The first-order valence-electron chi connectivity index (χ1n) is 5.59. The minimum atomic E-state index is -3.71. The van der Waals surface area contributed by atoms with E-state index in [9.17, 15) is 8.42 Å². The second kappa shape index (κ2) is 6.21. The number of nitrogens with two attached hydrogens (primary N) is 1. The molecule has 0 radical (unpaired) electrons. The Balaban J connectivity index is 2.37. The molecule has 0 aliphatic carbocycles. The lowest BCUT2D eigenvalue weighted by Gasteiger charge is -2.10. The summed E-state index contributed by atoms with van der Waals surface area (Å²) in [5.74, 6) is 0. The fourth-order valence-corrected chi connectivity index (χ4v) is 4.79. The Morgan fingerprint density at radius 2 is 2.10 bits per heavy atom. The molecule has 3 N–H and O–H groups in total. The number of thiophene rings is 1. The minimum Gasteiger partial charge on any atom is -0.389 e. The van der Waals surface area contributed by atoms with Crippen LogP contribution in [0.25, 0.3) is 0 Å². The Morgan fingerprint density at radius 3 is 2.67 bits per heavy atom. The number of rotatable bonds is 4. The highest BCUT2D eigenvalue weighted by atomic mass is 79.9. The number of hydrogen-bond donors (Lipinski definition) is 2. The van der Waals surface area contributed by atoms with Crippen LogP contribution in [0.1, 0.15) is 10.4 Å². The predicted molar refractivity (Wildman–Crippen MR) is 94.9 cm³/mol. The monoisotopic (exact) mass is 424 g/mol. The molecular weight excluding hydrogens is 416 g/mol. The molecule has 2 rings (SSSR count). The average Bonchev–Trinajstić information content (AvgIpc) is 2.86. The molecule has 2 aromatic rings. The zero-order valence-corrected chi connectivity index (χ0v) is 15.5. The van der Waals surface area contributed by atoms with Gasteiger partial charge >= 0.3 is 0 Å². The van der Waals surface area contributed by atoms with Crippen molar-refractivity contribution < 1.29 is 8.42 Å². The lowest BCUT2D eigenvalue weighted by molar-refractivity contribution is 0.603. The third-order valence-corrected chi connectivity index (χ3v) is 6.97. The molecule has 0 spiro atoms. The number of halogens is 2. The predicted octanol–water partition coefficient (Wildman–Crippen LogP) is 3.91. The van der Waals surface area contributed by atoms with Crippen molar-refractivity contribution in [1.29, 1.82) is 0 Å². The molecule has 21 heavy (non-hydrogen) atoms. The SMILES string of the molecule is Cc1cc(Br)c(NS(=O)(=O)c2ccc(C(N)=S)s2)cc1Cl. The van der Waals surface area contributed by atoms with Gasteiger partial charge < -0.3 is 5.73 Å². The second-order valence-electron chi connectivity index (χ2n) is 4.17. The van der Waals surface area contributed by atoms with E-state index in [1.807, 2.05) is 6.92 Å². The molecule has 1 aromatic carbocycles. The van der Waals surface area contributed by atoms with Crippen molar-refractivity contribution in [1.82, 2.24) is 0 Å². The molecule has 4 nitrogen and oxygen atoms in total. The van der Waals surface area contributed by atoms with Gasteiger partial charge in [-0.25, -0.2) is 8.42 Å². The summed E-state index contributed by atoms with van der Waals surface area (Å²) >= 11 is 15.2. The summed E-state index contributed by atoms with van der Waals surface area (Å²) in [4.78, 5) is 0.715. The topological polar surface area (TPSA) is 72.2 Å². The maximum Gasteiger partial charge on any atom is 0.271 e. The smallest absolute Gasteiger partial charge is 0.271 e. The first-order chi connectivity index (χ1) is 9.70. The van der Waals surface area contributed by atoms with Gasteiger partial charge in [0.1, 0.15) is 9.20 Å². The maximum atomic E-state index is 12.3. The Labute approximate surface area is 145 Å². The maximum absolute atomic E-state index is 12.3. The summed E-state index contributed by atoms with van der Waals surface area (Å²) in [6.07, 6.45) is 0. The van der Waals surface area contributed by atoms with Crippen molar-refractivity contribution in [2.24, 2.45) is 5.73 Å². The van der Waals surface area contributed by atoms with E-state index in [0.29, 0.717) is 20.1 Å². The van der Waals surface area contributed by atoms with E-state index in [2.05, 4.69) is 20.7 Å². The Kier molecular flexibility index (Phi) is 4.94. The van der Waals surface area contributed by atoms with Gasteiger partial charge in [0.15, 0.2) is 0 Å². The summed E-state index contributed by atoms with van der Waals surface area (Å²) in [7, 11) is -3.71. The van der Waals surface area contributed by atoms with Gasteiger partial charge in [-0.3, -0.25) is 4.72 Å². The largest absolute Gasteiger partial charge is 0.389 e. The van der Waals surface area contributed by atoms with Gasteiger partial charge in [0.05, 0.1) is 10.6 Å². The van der Waals surface area contributed by atoms with Crippen LogP contribution in [0.5, 0.6) is 0 Å². The van der Waals surface area contributed by atoms with Crippen molar-refractivity contribution in [2.75, 3.05) is 4.72 Å². The van der Waals surface area contributed by atoms with Gasteiger partial charge in [0.25, 0.3) is 10.0 Å². The van der Waals surface area contributed by atoms with Crippen LogP contribution >= 0.6 is 51.1 Å². The van der Waals surface area contributed by atoms with E-state index < -0.39 is 10.0 Å². The average molecular weight is 426 g/mol. The fraction of sp³-hybridized carbons (Fsp3) is 0.0833. The number of nitrogens with one attached hydrogen (secondary N) is 1. The molecule has 1 heterocycles. The van der Waals surface area contributed by atoms with Gasteiger partial charge in [0.2, 0.25) is 0 Å². The standard InChI is InChI=1S/C12H10BrClN2O2S3/c1-6-4-7(13)9(5-8(6)14)16-21(17,18)11-3-2-10(20-11)12(15)19/h2-5,16H,1H3,(H2,15,19). The van der Waals surface area contributed by atoms with Crippen LogP contribution in [0.2, 0.25) is 5.02 Å². The van der Waals surface area contributed by atoms with Crippen LogP contribution in [0.4, 0.5) is 5.69 Å². The highest BCUT2D eigenvalue weighted by Crippen LogP contribution is 2.32. The Hall–Kier alpha value is -0.670. The summed E-state index contributed by atoms with van der Waals surface area (Å²) in [5, 5.41) is 0.478. The van der Waals surface area contributed by atoms with Crippen molar-refractivity contribution in [3.8, 4) is 0 Å². The zero-order valence-electron chi connectivity index (χ0n) is 10.7. The highest BCUT2D eigenvalue weighted by Gasteiger charge is 2.19. The molecule has 0 bridgehead atoms. The van der Waals surface area contributed by atoms with Gasteiger partial charge in [-0.15, -0.1) is 11.3 Å². The number of aryl methyl sites for hydroxylation is 1. The van der Waals surface area contributed by atoms with E-state index in [-0.39, 0.29) is 9.20 Å². The van der Waals surface area contributed by atoms with Gasteiger partial charge in [-0.2, -0.15) is 0 Å². The molecule has 1 aromatic heterocycles. The van der Waals surface area contributed by atoms with Gasteiger partial charge in [-0.05, 0) is 52.7 Å². The van der Waals surface area contributed by atoms with Gasteiger partial charge in [0, 0.05) is 9.50 Å². The van der Waals surface area contributed by atoms with E-state index in [1.54, 1.807) is 18.2 Å². The molecule has 0 amide bonds. The number of sulfonamides is 1. The van der Waals surface area contributed by atoms with Crippen molar-refractivity contribution in [3.63, 3.8) is 0 Å². The van der Waals surface area contributed by atoms with Crippen LogP contribution in [0, 0.1) is 6.92 Å². The third kappa shape index (κ3) is 3.75. The van der Waals surface area contributed by atoms with E-state index in [4.69, 9.17) is 29.6 Å². The normalized spacial score (nSPS) is 11.4. The molecule has 0 aliphatic heterocycles. The highest BCUT2D eigenvalue weighted by molar-refractivity contribution is 9.10. The number of hydrogen-bond acceptors (Lipinski definition) is 4. The molecule has 0 atom stereocenters. The van der Waals surface area contributed by atoms with Crippen molar-refractivity contribution in [3.05, 3.63) is 44.2 Å². The van der Waals surface area contributed by atoms with Gasteiger partial charge in [-0.1, -0.05) is 23.8 Å². The molecule has 0 saturated carbocycles. The van der Waals surface area contributed by atoms with Crippen molar-refractivity contribution >= 4 is 71.8 Å². The van der Waals surface area contributed by atoms with Crippen molar-refractivity contribution in [2.45, 2.75) is 11.1 Å². The van der Waals surface area contributed by atoms with Crippen LogP contribution in [0.3, 0.4) is 0 Å². The molecule has 9 heteroatoms. The minimum absolute atomic E-state index is 0.133. The van der Waals surface area contributed by atoms with E-state index >= 15 is 0 Å². The van der Waals surface area contributed by atoms with E-state index in [1.165, 1.54) is 6.07 Å². The molecule has 112 valence electrons. The van der Waals surface area contributed by atoms with Crippen LogP contribution in [-0.4, -0.2) is 13.4 Å². The van der Waals surface area contributed by atoms with Crippen LogP contribution < -0.4 is 10.5 Å². The summed E-state index contributed by atoms with van der Waals surface area (Å²) in [6, 6.07) is 6.35. The number of benzene rings is 1. The number of thiocarbonyl (C=S) groups is 1. The number of anilines is 1. The Morgan fingerprint density at radius 1 is 1.43 bits per heavy atom. The fourth-order valence-electron chi connectivity index (χ4n) is 1.52. The second-order valence-corrected chi connectivity index (χ2v) is 8.86. The third-order valence-electron chi connectivity index (χ3n) is 2.58. The van der Waals surface area contributed by atoms with Crippen LogP contribution in [0.15, 0.2) is 32.9 Å². The quantitative estimate of drug-likeness (QED) is 0.729. The molecule has 0 unspecified atom stereocenters. The summed E-state index contributed by atoms with van der Waals surface area (Å²) < 4.78 is 27.9. The summed E-state index contributed by atoms with van der Waals surface area (Å²) in [6.45, 7) is 1.83. The van der Waals surface area contributed by atoms with E-state index in [0.717, 1.165) is 16.9 Å². The van der Waals surface area contributed by atoms with Crippen LogP contribution in [-0.2, 0) is 10.0 Å². The Bertz CT molecular complexity index is 818. The zero-order chi connectivity index (χ0) is 15.8. The first kappa shape index (κ1) is 16.7. The molecule has 0 aliphatic rings. The molecule has 0 saturated heterocycles. The summed E-state index contributed by atoms with van der Waals surface area (Å²) in [5.41, 5.74) is 6.70. The lowest BCUT2D eigenvalue weighted by atomic mass is 10.2. The first-order valence-corrected chi connectivity index (χ1v) is 9.46.